The first-order valence-electron chi connectivity index (χ1n) is 13.3. The van der Waals surface area contributed by atoms with Crippen LogP contribution in [0.15, 0.2) is 53.4 Å². The molecule has 7 rings (SSSR count). The lowest BCUT2D eigenvalue weighted by Crippen LogP contribution is -2.62. The molecule has 2 amide bonds. The van der Waals surface area contributed by atoms with E-state index in [0.717, 1.165) is 36.8 Å². The average Bonchev–Trinajstić information content (AvgIpc) is 3.31. The van der Waals surface area contributed by atoms with Gasteiger partial charge in [0.05, 0.1) is 5.52 Å². The summed E-state index contributed by atoms with van der Waals surface area (Å²) in [5.74, 6) is 0.589. The summed E-state index contributed by atoms with van der Waals surface area (Å²) >= 11 is 3.34. The van der Waals surface area contributed by atoms with Crippen LogP contribution in [0.4, 0.5) is 5.82 Å². The number of hydrogen-bond acceptors (Lipinski definition) is 7. The molecule has 3 fully saturated rings. The molecule has 0 radical (unpaired) electrons. The number of anilines is 1. The Labute approximate surface area is 239 Å². The van der Waals surface area contributed by atoms with Gasteiger partial charge < -0.3 is 10.2 Å². The molecular formula is C29H28BrN7O3. The normalized spacial score (nSPS) is 20.1. The number of carbonyl (C=O) groups is 3. The van der Waals surface area contributed by atoms with Crippen molar-refractivity contribution in [2.75, 3.05) is 5.32 Å². The largest absolute Gasteiger partial charge is 0.326 e. The lowest BCUT2D eigenvalue weighted by Gasteiger charge is -2.50. The standard InChI is InChI=1S/C29H28BrN7O3/c1-16(38)27-22-12-19(20-13-31-17(2)32-14-20)8-11-23(22)36(35-27)15-26(39)37-21-9-6-18(7-10-21)28(37)29(40)34-25-5-3-4-24(30)33-25/h3-5,8,11-14,18,21,28H,6-7,9-10,15H2,1-2H3,(H,33,34,40)/t18-,21-,28-/m0/s1. The maximum Gasteiger partial charge on any atom is 0.248 e. The van der Waals surface area contributed by atoms with Gasteiger partial charge in [-0.25, -0.2) is 15.0 Å². The van der Waals surface area contributed by atoms with Crippen LogP contribution < -0.4 is 5.32 Å². The third kappa shape index (κ3) is 4.90. The number of nitrogens with one attached hydrogen (secondary N) is 1. The number of halogens is 1. The van der Waals surface area contributed by atoms with Gasteiger partial charge >= 0.3 is 0 Å². The van der Waals surface area contributed by atoms with Crippen LogP contribution in [-0.2, 0) is 16.1 Å². The summed E-state index contributed by atoms with van der Waals surface area (Å²) in [6.45, 7) is 3.22. The number of ketones is 1. The highest BCUT2D eigenvalue weighted by atomic mass is 79.9. The molecule has 0 unspecified atom stereocenters. The SMILES string of the molecule is CC(=O)c1nn(CC(=O)N2[C@H]3CC[C@@H](CC3)[C@H]2C(=O)Nc2cccc(Br)n2)c2ccc(-c3cnc(C)nc3)cc12. The molecule has 1 N–H and O–H groups in total. The van der Waals surface area contributed by atoms with Crippen molar-refractivity contribution in [1.29, 1.82) is 0 Å². The van der Waals surface area contributed by atoms with Gasteiger partial charge in [-0.1, -0.05) is 12.1 Å². The van der Waals surface area contributed by atoms with E-state index in [4.69, 9.17) is 0 Å². The second-order valence-electron chi connectivity index (χ2n) is 10.5. The zero-order valence-electron chi connectivity index (χ0n) is 22.2. The van der Waals surface area contributed by atoms with E-state index in [0.29, 0.717) is 32.8 Å². The molecular weight excluding hydrogens is 574 g/mol. The van der Waals surface area contributed by atoms with E-state index in [2.05, 4.69) is 41.3 Å². The highest BCUT2D eigenvalue weighted by Crippen LogP contribution is 2.40. The molecule has 10 nitrogen and oxygen atoms in total. The Morgan fingerprint density at radius 2 is 1.77 bits per heavy atom. The van der Waals surface area contributed by atoms with Crippen LogP contribution >= 0.6 is 15.9 Å². The maximum absolute atomic E-state index is 13.9. The molecule has 1 saturated carbocycles. The van der Waals surface area contributed by atoms with Crippen molar-refractivity contribution < 1.29 is 14.4 Å². The van der Waals surface area contributed by atoms with Crippen LogP contribution in [0.2, 0.25) is 0 Å². The summed E-state index contributed by atoms with van der Waals surface area (Å²) in [7, 11) is 0. The topological polar surface area (TPSA) is 123 Å². The quantitative estimate of drug-likeness (QED) is 0.253. The van der Waals surface area contributed by atoms with E-state index >= 15 is 0 Å². The molecule has 0 spiro atoms. The predicted molar refractivity (Wildman–Crippen MR) is 152 cm³/mol. The predicted octanol–water partition coefficient (Wildman–Crippen LogP) is 4.57. The van der Waals surface area contributed by atoms with Crippen molar-refractivity contribution in [2.24, 2.45) is 5.92 Å². The van der Waals surface area contributed by atoms with Crippen LogP contribution in [0.1, 0.15) is 48.9 Å². The highest BCUT2D eigenvalue weighted by Gasteiger charge is 2.47. The summed E-state index contributed by atoms with van der Waals surface area (Å²) < 4.78 is 2.20. The summed E-state index contributed by atoms with van der Waals surface area (Å²) in [5.41, 5.74) is 2.65. The summed E-state index contributed by atoms with van der Waals surface area (Å²) in [5, 5.41) is 8.12. The van der Waals surface area contributed by atoms with E-state index in [1.165, 1.54) is 6.92 Å². The van der Waals surface area contributed by atoms with Gasteiger partial charge in [0.1, 0.15) is 34.5 Å². The lowest BCUT2D eigenvalue weighted by atomic mass is 9.74. The van der Waals surface area contributed by atoms with Crippen LogP contribution in [0.25, 0.3) is 22.0 Å². The van der Waals surface area contributed by atoms with Crippen LogP contribution in [-0.4, -0.2) is 59.3 Å². The number of rotatable bonds is 6. The first kappa shape index (κ1) is 26.2. The number of nitrogens with zero attached hydrogens (tertiary/aromatic N) is 6. The van der Waals surface area contributed by atoms with Gasteiger partial charge in [-0.05, 0) is 84.3 Å². The number of benzene rings is 1. The summed E-state index contributed by atoms with van der Waals surface area (Å²) in [4.78, 5) is 54.5. The molecule has 204 valence electrons. The summed E-state index contributed by atoms with van der Waals surface area (Å²) in [6, 6.07) is 10.4. The van der Waals surface area contributed by atoms with E-state index in [-0.39, 0.29) is 36.1 Å². The molecule has 1 atom stereocenters. The Morgan fingerprint density at radius 3 is 2.48 bits per heavy atom. The minimum absolute atomic E-state index is 0.00837. The molecule has 1 aliphatic carbocycles. The molecule has 2 bridgehead atoms. The first-order chi connectivity index (χ1) is 19.3. The Kier molecular flexibility index (Phi) is 6.91. The van der Waals surface area contributed by atoms with Crippen molar-refractivity contribution in [3.63, 3.8) is 0 Å². The maximum atomic E-state index is 13.9. The Hall–Kier alpha value is -3.99. The van der Waals surface area contributed by atoms with E-state index in [1.54, 1.807) is 40.2 Å². The van der Waals surface area contributed by atoms with Crippen LogP contribution in [0, 0.1) is 12.8 Å². The molecule has 4 aromatic rings. The van der Waals surface area contributed by atoms with Gasteiger partial charge in [0, 0.05) is 36.3 Å². The molecule has 11 heteroatoms. The monoisotopic (exact) mass is 601 g/mol. The van der Waals surface area contributed by atoms with E-state index < -0.39 is 6.04 Å². The van der Waals surface area contributed by atoms with Gasteiger partial charge in [-0.2, -0.15) is 5.10 Å². The van der Waals surface area contributed by atoms with Gasteiger partial charge in [0.15, 0.2) is 5.78 Å². The van der Waals surface area contributed by atoms with Crippen molar-refractivity contribution in [3.05, 3.63) is 64.9 Å². The zero-order valence-corrected chi connectivity index (χ0v) is 23.8. The average molecular weight is 602 g/mol. The molecule has 40 heavy (non-hydrogen) atoms. The fourth-order valence-electron chi connectivity index (χ4n) is 6.02. The van der Waals surface area contributed by atoms with E-state index in [9.17, 15) is 14.4 Å². The Morgan fingerprint density at radius 1 is 1.02 bits per heavy atom. The highest BCUT2D eigenvalue weighted by molar-refractivity contribution is 9.10. The second-order valence-corrected chi connectivity index (χ2v) is 11.3. The van der Waals surface area contributed by atoms with Gasteiger partial charge in [-0.15, -0.1) is 0 Å². The fraction of sp³-hybridized carbons (Fsp3) is 0.345. The van der Waals surface area contributed by atoms with Crippen molar-refractivity contribution in [3.8, 4) is 11.1 Å². The fourth-order valence-corrected chi connectivity index (χ4v) is 6.36. The number of piperidine rings is 2. The van der Waals surface area contributed by atoms with Gasteiger partial charge in [-0.3, -0.25) is 19.1 Å². The molecule has 3 aliphatic rings. The Balaban J connectivity index is 1.30. The van der Waals surface area contributed by atoms with Gasteiger partial charge in [0.25, 0.3) is 0 Å². The van der Waals surface area contributed by atoms with Gasteiger partial charge in [0.2, 0.25) is 11.8 Å². The number of Topliss-reactive ketones (excluding diaryl/α,β-unsaturated/α-hetero) is 1. The number of hydrogen-bond donors (Lipinski definition) is 1. The lowest BCUT2D eigenvalue weighted by molar-refractivity contribution is -0.151. The van der Waals surface area contributed by atoms with E-state index in [1.807, 2.05) is 25.1 Å². The Bertz CT molecular complexity index is 1630. The molecule has 2 aliphatic heterocycles. The van der Waals surface area contributed by atoms with Crippen molar-refractivity contribution in [2.45, 2.75) is 58.2 Å². The number of carbonyl (C=O) groups excluding carboxylic acids is 3. The number of aryl methyl sites for hydroxylation is 1. The summed E-state index contributed by atoms with van der Waals surface area (Å²) in [6.07, 6.45) is 7.04. The third-order valence-corrected chi connectivity index (χ3v) is 8.33. The molecule has 3 aromatic heterocycles. The van der Waals surface area contributed by atoms with Crippen molar-refractivity contribution in [1.82, 2.24) is 29.6 Å². The second kappa shape index (κ2) is 10.5. The minimum atomic E-state index is -0.581. The number of fused-ring (bicyclic) bond motifs is 4. The van der Waals surface area contributed by atoms with Crippen molar-refractivity contribution >= 4 is 50.2 Å². The first-order valence-corrected chi connectivity index (χ1v) is 14.1. The molecule has 1 aromatic carbocycles. The number of amides is 2. The zero-order chi connectivity index (χ0) is 28.0. The molecule has 2 saturated heterocycles. The number of aromatic nitrogens is 5. The van der Waals surface area contributed by atoms with Crippen LogP contribution in [0.3, 0.4) is 0 Å². The minimum Gasteiger partial charge on any atom is -0.326 e. The molecule has 5 heterocycles. The third-order valence-electron chi connectivity index (χ3n) is 7.89. The number of pyridine rings is 1. The van der Waals surface area contributed by atoms with Crippen LogP contribution in [0.5, 0.6) is 0 Å². The smallest absolute Gasteiger partial charge is 0.248 e.